The van der Waals surface area contributed by atoms with Gasteiger partial charge in [-0.1, -0.05) is 12.1 Å². The first-order valence-electron chi connectivity index (χ1n) is 5.70. The first-order chi connectivity index (χ1) is 8.84. The third-order valence-corrected chi connectivity index (χ3v) is 4.85. The average molecular weight is 279 g/mol. The summed E-state index contributed by atoms with van der Waals surface area (Å²) in [6.07, 6.45) is 0. The van der Waals surface area contributed by atoms with Crippen LogP contribution in [0.5, 0.6) is 0 Å². The lowest BCUT2D eigenvalue weighted by atomic mass is 9.81. The van der Waals surface area contributed by atoms with Gasteiger partial charge in [0.2, 0.25) is 0 Å². The fourth-order valence-corrected chi connectivity index (χ4v) is 3.52. The van der Waals surface area contributed by atoms with Crippen molar-refractivity contribution in [1.29, 1.82) is 0 Å². The summed E-state index contributed by atoms with van der Waals surface area (Å²) in [5.41, 5.74) is 1.51. The van der Waals surface area contributed by atoms with Gasteiger partial charge < -0.3 is 10.0 Å². The van der Waals surface area contributed by atoms with Gasteiger partial charge in [0.15, 0.2) is 0 Å². The Balaban J connectivity index is 2.51. The largest absolute Gasteiger partial charge is 0.488 e. The zero-order valence-corrected chi connectivity index (χ0v) is 11.4. The molecule has 1 aromatic carbocycles. The van der Waals surface area contributed by atoms with E-state index in [-0.39, 0.29) is 10.4 Å². The second kappa shape index (κ2) is 4.84. The smallest absolute Gasteiger partial charge is 0.423 e. The molecule has 0 saturated carbocycles. The Morgan fingerprint density at radius 3 is 1.84 bits per heavy atom. The highest BCUT2D eigenvalue weighted by Crippen LogP contribution is 2.18. The van der Waals surface area contributed by atoms with Crippen LogP contribution in [-0.4, -0.2) is 29.6 Å². The van der Waals surface area contributed by atoms with Crippen molar-refractivity contribution >= 4 is 22.6 Å². The minimum Gasteiger partial charge on any atom is -0.423 e. The van der Waals surface area contributed by atoms with Gasteiger partial charge in [-0.25, -0.2) is 12.4 Å². The van der Waals surface area contributed by atoms with E-state index < -0.39 is 17.1 Å². The molecule has 5 nitrogen and oxygen atoms in total. The van der Waals surface area contributed by atoms with Gasteiger partial charge in [-0.2, -0.15) is 0 Å². The molecule has 2 rings (SSSR count). The standard InChI is InChI=1S/C12H14BNO4S/c1-9-3-4-10(2)14(9)19(17,18)12-7-5-11(6-8-12)13(15)16/h3-8,15-16H,1-2H3. The van der Waals surface area contributed by atoms with Gasteiger partial charge in [-0.3, -0.25) is 0 Å². The van der Waals surface area contributed by atoms with E-state index in [1.807, 2.05) is 0 Å². The highest BCUT2D eigenvalue weighted by molar-refractivity contribution is 7.90. The van der Waals surface area contributed by atoms with Crippen LogP contribution in [0.15, 0.2) is 41.3 Å². The summed E-state index contributed by atoms with van der Waals surface area (Å²) in [5.74, 6) is 0. The first kappa shape index (κ1) is 13.9. The molecule has 2 aromatic rings. The summed E-state index contributed by atoms with van der Waals surface area (Å²) >= 11 is 0. The van der Waals surface area contributed by atoms with Crippen molar-refractivity contribution in [3.8, 4) is 0 Å². The fraction of sp³-hybridized carbons (Fsp3) is 0.167. The molecule has 1 heterocycles. The number of rotatable bonds is 3. The monoisotopic (exact) mass is 279 g/mol. The van der Waals surface area contributed by atoms with E-state index in [0.717, 1.165) is 0 Å². The van der Waals surface area contributed by atoms with Crippen LogP contribution >= 0.6 is 0 Å². The molecule has 1 aromatic heterocycles. The number of hydrogen-bond donors (Lipinski definition) is 2. The first-order valence-corrected chi connectivity index (χ1v) is 7.14. The SMILES string of the molecule is Cc1ccc(C)n1S(=O)(=O)c1ccc(B(O)O)cc1. The maximum atomic E-state index is 12.5. The summed E-state index contributed by atoms with van der Waals surface area (Å²) in [6, 6.07) is 8.96. The fourth-order valence-electron chi connectivity index (χ4n) is 1.95. The number of aryl methyl sites for hydroxylation is 2. The van der Waals surface area contributed by atoms with E-state index in [9.17, 15) is 8.42 Å². The highest BCUT2D eigenvalue weighted by Gasteiger charge is 2.21. The van der Waals surface area contributed by atoms with Crippen LogP contribution in [0.1, 0.15) is 11.4 Å². The van der Waals surface area contributed by atoms with E-state index in [0.29, 0.717) is 11.4 Å². The van der Waals surface area contributed by atoms with Gasteiger partial charge in [-0.15, -0.1) is 0 Å². The second-order valence-corrected chi connectivity index (χ2v) is 6.11. The Hall–Kier alpha value is -1.57. The predicted molar refractivity (Wildman–Crippen MR) is 72.8 cm³/mol. The second-order valence-electron chi connectivity index (χ2n) is 4.33. The molecule has 7 heteroatoms. The minimum atomic E-state index is -3.65. The van der Waals surface area contributed by atoms with Gasteiger partial charge in [-0.05, 0) is 43.6 Å². The Labute approximate surface area is 112 Å². The molecule has 0 atom stereocenters. The van der Waals surface area contributed by atoms with E-state index in [1.54, 1.807) is 26.0 Å². The van der Waals surface area contributed by atoms with Crippen LogP contribution in [0.3, 0.4) is 0 Å². The van der Waals surface area contributed by atoms with Crippen LogP contribution in [0, 0.1) is 13.8 Å². The van der Waals surface area contributed by atoms with Crippen molar-refractivity contribution in [3.05, 3.63) is 47.8 Å². The molecular weight excluding hydrogens is 265 g/mol. The van der Waals surface area contributed by atoms with Crippen LogP contribution in [0.2, 0.25) is 0 Å². The molecule has 0 spiro atoms. The molecule has 0 unspecified atom stereocenters. The zero-order valence-electron chi connectivity index (χ0n) is 10.6. The van der Waals surface area contributed by atoms with Crippen molar-refractivity contribution in [2.24, 2.45) is 0 Å². The summed E-state index contributed by atoms with van der Waals surface area (Å²) in [4.78, 5) is 0.110. The molecule has 0 amide bonds. The molecule has 2 N–H and O–H groups in total. The van der Waals surface area contributed by atoms with E-state index in [1.165, 1.54) is 28.2 Å². The molecule has 0 aliphatic heterocycles. The maximum Gasteiger partial charge on any atom is 0.488 e. The van der Waals surface area contributed by atoms with Crippen LogP contribution in [0.25, 0.3) is 0 Å². The third-order valence-electron chi connectivity index (χ3n) is 2.92. The van der Waals surface area contributed by atoms with Crippen molar-refractivity contribution in [3.63, 3.8) is 0 Å². The minimum absolute atomic E-state index is 0.110. The number of benzene rings is 1. The van der Waals surface area contributed by atoms with Crippen molar-refractivity contribution in [1.82, 2.24) is 3.97 Å². The highest BCUT2D eigenvalue weighted by atomic mass is 32.2. The molecular formula is C12H14BNO4S. The quantitative estimate of drug-likeness (QED) is 0.776. The summed E-state index contributed by atoms with van der Waals surface area (Å²) in [7, 11) is -5.25. The van der Waals surface area contributed by atoms with Gasteiger partial charge in [0.05, 0.1) is 4.90 Å². The molecule has 0 radical (unpaired) electrons. The van der Waals surface area contributed by atoms with E-state index in [2.05, 4.69) is 0 Å². The molecule has 19 heavy (non-hydrogen) atoms. The Morgan fingerprint density at radius 1 is 0.947 bits per heavy atom. The van der Waals surface area contributed by atoms with Gasteiger partial charge in [0.1, 0.15) is 0 Å². The Morgan fingerprint density at radius 2 is 1.42 bits per heavy atom. The Kier molecular flexibility index (Phi) is 3.53. The van der Waals surface area contributed by atoms with Gasteiger partial charge in [0.25, 0.3) is 10.0 Å². The van der Waals surface area contributed by atoms with E-state index in [4.69, 9.17) is 10.0 Å². The van der Waals surface area contributed by atoms with Crippen LogP contribution < -0.4 is 5.46 Å². The lowest BCUT2D eigenvalue weighted by Gasteiger charge is -2.11. The topological polar surface area (TPSA) is 79.5 Å². The molecule has 0 fully saturated rings. The van der Waals surface area contributed by atoms with Crippen molar-refractivity contribution < 1.29 is 18.5 Å². The number of hydrogen-bond acceptors (Lipinski definition) is 4. The summed E-state index contributed by atoms with van der Waals surface area (Å²) in [6.45, 7) is 3.44. The third kappa shape index (κ3) is 2.44. The average Bonchev–Trinajstić information content (AvgIpc) is 2.69. The maximum absolute atomic E-state index is 12.5. The lowest BCUT2D eigenvalue weighted by molar-refractivity contribution is 0.425. The molecule has 0 aliphatic rings. The number of aromatic nitrogens is 1. The van der Waals surface area contributed by atoms with Crippen LogP contribution in [-0.2, 0) is 10.0 Å². The van der Waals surface area contributed by atoms with Gasteiger partial charge in [0, 0.05) is 11.4 Å². The predicted octanol–water partition coefficient (Wildman–Crippen LogP) is 0.0217. The zero-order chi connectivity index (χ0) is 14.2. The molecule has 0 aliphatic carbocycles. The Bertz CT molecular complexity index is 670. The number of nitrogens with zero attached hydrogens (tertiary/aromatic N) is 1. The summed E-state index contributed by atoms with van der Waals surface area (Å²) in [5, 5.41) is 18.0. The summed E-state index contributed by atoms with van der Waals surface area (Å²) < 4.78 is 26.2. The molecule has 0 saturated heterocycles. The van der Waals surface area contributed by atoms with Gasteiger partial charge >= 0.3 is 7.12 Å². The van der Waals surface area contributed by atoms with E-state index >= 15 is 0 Å². The van der Waals surface area contributed by atoms with Crippen molar-refractivity contribution in [2.45, 2.75) is 18.7 Å². The van der Waals surface area contributed by atoms with Crippen LogP contribution in [0.4, 0.5) is 0 Å². The van der Waals surface area contributed by atoms with Crippen molar-refractivity contribution in [2.75, 3.05) is 0 Å². The molecule has 100 valence electrons. The lowest BCUT2D eigenvalue weighted by Crippen LogP contribution is -2.29. The molecule has 0 bridgehead atoms. The normalized spacial score (nSPS) is 11.6.